The van der Waals surface area contributed by atoms with E-state index in [9.17, 15) is 14.9 Å². The number of aromatic nitrogens is 1. The summed E-state index contributed by atoms with van der Waals surface area (Å²) in [6, 6.07) is 5.26. The van der Waals surface area contributed by atoms with Gasteiger partial charge in [0.25, 0.3) is 5.88 Å². The summed E-state index contributed by atoms with van der Waals surface area (Å²) in [6.45, 7) is 1.67. The van der Waals surface area contributed by atoms with Crippen LogP contribution in [0.15, 0.2) is 30.5 Å². The molecule has 8 heteroatoms. The molecule has 0 amide bonds. The van der Waals surface area contributed by atoms with Crippen molar-refractivity contribution in [2.45, 2.75) is 6.92 Å². The van der Waals surface area contributed by atoms with E-state index in [1.54, 1.807) is 6.92 Å². The van der Waals surface area contributed by atoms with Gasteiger partial charge in [-0.25, -0.2) is 9.78 Å². The fourth-order valence-corrected chi connectivity index (χ4v) is 1.74. The molecule has 0 saturated carbocycles. The number of ether oxygens (including phenoxy) is 2. The summed E-state index contributed by atoms with van der Waals surface area (Å²) in [5, 5.41) is 20.0. The smallest absolute Gasteiger partial charge is 0.335 e. The Bertz CT molecular complexity index is 744. The van der Waals surface area contributed by atoms with E-state index in [4.69, 9.17) is 14.6 Å². The molecule has 114 valence electrons. The molecule has 0 aliphatic carbocycles. The highest BCUT2D eigenvalue weighted by atomic mass is 16.6. The van der Waals surface area contributed by atoms with E-state index in [2.05, 4.69) is 4.98 Å². The molecule has 0 atom stereocenters. The van der Waals surface area contributed by atoms with Crippen molar-refractivity contribution in [3.05, 3.63) is 51.7 Å². The third kappa shape index (κ3) is 3.11. The number of rotatable bonds is 5. The molecular formula is C14H12N2O6. The molecule has 1 aromatic heterocycles. The summed E-state index contributed by atoms with van der Waals surface area (Å²) in [7, 11) is 1.34. The summed E-state index contributed by atoms with van der Waals surface area (Å²) in [6.07, 6.45) is 1.43. The number of benzene rings is 1. The number of pyridine rings is 1. The number of carboxylic acid groups (broad SMARTS) is 1. The van der Waals surface area contributed by atoms with E-state index in [-0.39, 0.29) is 28.6 Å². The number of nitrogens with zero attached hydrogens (tertiary/aromatic N) is 2. The highest BCUT2D eigenvalue weighted by molar-refractivity contribution is 5.88. The number of aryl methyl sites for hydroxylation is 1. The number of carboxylic acids is 1. The molecule has 0 aliphatic heterocycles. The normalized spacial score (nSPS) is 10.1. The standard InChI is InChI=1S/C14H12N2O6/c1-8-5-10(16(19)20)13(15-7-8)22-11-4-3-9(14(17)18)6-12(11)21-2/h3-7H,1-2H3,(H,17,18). The van der Waals surface area contributed by atoms with Gasteiger partial charge in [0.15, 0.2) is 11.5 Å². The molecule has 0 radical (unpaired) electrons. The molecule has 0 unspecified atom stereocenters. The topological polar surface area (TPSA) is 112 Å². The second-order valence-electron chi connectivity index (χ2n) is 4.37. The molecule has 22 heavy (non-hydrogen) atoms. The number of hydrogen-bond donors (Lipinski definition) is 1. The van der Waals surface area contributed by atoms with Crippen LogP contribution in [0.25, 0.3) is 0 Å². The Hall–Kier alpha value is -3.16. The lowest BCUT2D eigenvalue weighted by atomic mass is 10.2. The van der Waals surface area contributed by atoms with Crippen molar-refractivity contribution >= 4 is 11.7 Å². The minimum Gasteiger partial charge on any atom is -0.493 e. The Balaban J connectivity index is 2.43. The lowest BCUT2D eigenvalue weighted by Gasteiger charge is -2.10. The first-order valence-electron chi connectivity index (χ1n) is 6.12. The minimum absolute atomic E-state index is 0.00978. The molecular weight excluding hydrogens is 292 g/mol. The van der Waals surface area contributed by atoms with Crippen LogP contribution in [0.3, 0.4) is 0 Å². The molecule has 1 aromatic carbocycles. The Morgan fingerprint density at radius 1 is 1.32 bits per heavy atom. The Kier molecular flexibility index (Phi) is 4.21. The highest BCUT2D eigenvalue weighted by Gasteiger charge is 2.20. The van der Waals surface area contributed by atoms with Gasteiger partial charge in [-0.05, 0) is 30.7 Å². The third-order valence-corrected chi connectivity index (χ3v) is 2.78. The first kappa shape index (κ1) is 15.2. The van der Waals surface area contributed by atoms with Crippen LogP contribution in [0.4, 0.5) is 5.69 Å². The predicted molar refractivity (Wildman–Crippen MR) is 75.7 cm³/mol. The number of carbonyl (C=O) groups is 1. The van der Waals surface area contributed by atoms with Crippen LogP contribution in [0.2, 0.25) is 0 Å². The summed E-state index contributed by atoms with van der Waals surface area (Å²) in [5.74, 6) is -1.05. The van der Waals surface area contributed by atoms with Gasteiger partial charge in [-0.1, -0.05) is 0 Å². The zero-order valence-corrected chi connectivity index (χ0v) is 11.8. The van der Waals surface area contributed by atoms with Gasteiger partial charge in [-0.3, -0.25) is 10.1 Å². The van der Waals surface area contributed by atoms with Gasteiger partial charge in [0.1, 0.15) is 0 Å². The molecule has 2 rings (SSSR count). The first-order chi connectivity index (χ1) is 10.4. The molecule has 8 nitrogen and oxygen atoms in total. The SMILES string of the molecule is COc1cc(C(=O)O)ccc1Oc1ncc(C)cc1[N+](=O)[O-]. The molecule has 0 saturated heterocycles. The molecule has 0 bridgehead atoms. The van der Waals surface area contributed by atoms with E-state index in [0.29, 0.717) is 5.56 Å². The van der Waals surface area contributed by atoms with Crippen molar-refractivity contribution in [3.8, 4) is 17.4 Å². The number of hydrogen-bond acceptors (Lipinski definition) is 6. The van der Waals surface area contributed by atoms with Gasteiger partial charge >= 0.3 is 11.7 Å². The highest BCUT2D eigenvalue weighted by Crippen LogP contribution is 2.35. The maximum atomic E-state index is 11.0. The van der Waals surface area contributed by atoms with Crippen LogP contribution in [-0.2, 0) is 0 Å². The lowest BCUT2D eigenvalue weighted by Crippen LogP contribution is -2.00. The second-order valence-corrected chi connectivity index (χ2v) is 4.37. The maximum absolute atomic E-state index is 11.0. The zero-order valence-electron chi connectivity index (χ0n) is 11.8. The molecule has 0 spiro atoms. The predicted octanol–water partition coefficient (Wildman–Crippen LogP) is 2.80. The van der Waals surface area contributed by atoms with E-state index >= 15 is 0 Å². The van der Waals surface area contributed by atoms with E-state index in [0.717, 1.165) is 0 Å². The second kappa shape index (κ2) is 6.08. The van der Waals surface area contributed by atoms with Crippen LogP contribution in [0.1, 0.15) is 15.9 Å². The Morgan fingerprint density at radius 2 is 2.05 bits per heavy atom. The van der Waals surface area contributed by atoms with E-state index in [1.807, 2.05) is 0 Å². The van der Waals surface area contributed by atoms with Gasteiger partial charge in [-0.2, -0.15) is 0 Å². The van der Waals surface area contributed by atoms with Crippen molar-refractivity contribution in [2.75, 3.05) is 7.11 Å². The van der Waals surface area contributed by atoms with Crippen molar-refractivity contribution in [1.82, 2.24) is 4.98 Å². The summed E-state index contributed by atoms with van der Waals surface area (Å²) >= 11 is 0. The van der Waals surface area contributed by atoms with Gasteiger partial charge in [0.05, 0.1) is 17.6 Å². The number of aromatic carboxylic acids is 1. The van der Waals surface area contributed by atoms with Crippen molar-refractivity contribution in [2.24, 2.45) is 0 Å². The monoisotopic (exact) mass is 304 g/mol. The van der Waals surface area contributed by atoms with E-state index < -0.39 is 10.9 Å². The molecule has 0 aliphatic rings. The first-order valence-corrected chi connectivity index (χ1v) is 6.12. The summed E-state index contributed by atoms with van der Waals surface area (Å²) in [5.41, 5.74) is 0.340. The molecule has 1 heterocycles. The average Bonchev–Trinajstić information content (AvgIpc) is 2.48. The van der Waals surface area contributed by atoms with Gasteiger partial charge in [-0.15, -0.1) is 0 Å². The van der Waals surface area contributed by atoms with Gasteiger partial charge in [0, 0.05) is 12.3 Å². The van der Waals surface area contributed by atoms with E-state index in [1.165, 1.54) is 37.6 Å². The summed E-state index contributed by atoms with van der Waals surface area (Å²) in [4.78, 5) is 25.2. The maximum Gasteiger partial charge on any atom is 0.335 e. The zero-order chi connectivity index (χ0) is 16.3. The lowest BCUT2D eigenvalue weighted by molar-refractivity contribution is -0.386. The van der Waals surface area contributed by atoms with Crippen LogP contribution >= 0.6 is 0 Å². The van der Waals surface area contributed by atoms with Gasteiger partial charge in [0.2, 0.25) is 0 Å². The average molecular weight is 304 g/mol. The quantitative estimate of drug-likeness (QED) is 0.667. The van der Waals surface area contributed by atoms with Crippen LogP contribution in [0.5, 0.6) is 17.4 Å². The van der Waals surface area contributed by atoms with Crippen molar-refractivity contribution < 1.29 is 24.3 Å². The number of nitro groups is 1. The fraction of sp³-hybridized carbons (Fsp3) is 0.143. The molecule has 0 fully saturated rings. The largest absolute Gasteiger partial charge is 0.493 e. The molecule has 2 aromatic rings. The van der Waals surface area contributed by atoms with Gasteiger partial charge < -0.3 is 14.6 Å². The fourth-order valence-electron chi connectivity index (χ4n) is 1.74. The molecule has 1 N–H and O–H groups in total. The summed E-state index contributed by atoms with van der Waals surface area (Å²) < 4.78 is 10.5. The Labute approximate surface area is 125 Å². The third-order valence-electron chi connectivity index (χ3n) is 2.78. The minimum atomic E-state index is -1.12. The van der Waals surface area contributed by atoms with Crippen molar-refractivity contribution in [3.63, 3.8) is 0 Å². The number of methoxy groups -OCH3 is 1. The van der Waals surface area contributed by atoms with Crippen LogP contribution in [-0.4, -0.2) is 28.1 Å². The van der Waals surface area contributed by atoms with Crippen molar-refractivity contribution in [1.29, 1.82) is 0 Å². The Morgan fingerprint density at radius 3 is 2.64 bits per heavy atom. The van der Waals surface area contributed by atoms with Crippen LogP contribution < -0.4 is 9.47 Å². The van der Waals surface area contributed by atoms with Crippen LogP contribution in [0, 0.1) is 17.0 Å².